The van der Waals surface area contributed by atoms with Crippen LogP contribution >= 0.6 is 23.5 Å². The SMILES string of the molecule is CCC=O.CCN1CCc2cc(O)c(OC)cc2[C@@]12CS[C@@H]1c3c(OC(C)=O)c(C)c4c(c3[C@H](COC2=O)N2C1[C@H]1c3c(cc(C)c(OC)c3O)C[C@@H]([C@@H]2C#N)N1C)OCO4.COc1cc2c(cc1O)CCN[C@]21CS[C@@H]2c3c(OC(C)=O)c(C)c4c(c3[C@H](COC1=O)N1C2[C@H]2c3c(cc(C)c(OC)c3O)C[C@@H]([C@@H]1C#N)N2C)OCO4. The predicted molar refractivity (Wildman–Crippen MR) is 422 cm³/mol. The van der Waals surface area contributed by atoms with Crippen LogP contribution in [0.4, 0.5) is 0 Å². The van der Waals surface area contributed by atoms with Crippen molar-refractivity contribution in [3.8, 4) is 92.6 Å². The number of hydrogen-bond donors (Lipinski definition) is 5. The van der Waals surface area contributed by atoms with Gasteiger partial charge in [0.15, 0.2) is 80.1 Å². The highest BCUT2D eigenvalue weighted by Gasteiger charge is 2.65. The first kappa shape index (κ1) is 79.7. The summed E-state index contributed by atoms with van der Waals surface area (Å²) in [6.45, 7) is 15.0. The number of esters is 4. The average molecular weight is 1630 g/mol. The van der Waals surface area contributed by atoms with Crippen LogP contribution < -0.4 is 52.7 Å². The molecule has 5 N–H and O–H groups in total. The van der Waals surface area contributed by atoms with Crippen molar-refractivity contribution >= 4 is 53.7 Å². The van der Waals surface area contributed by atoms with Crippen LogP contribution in [-0.4, -0.2) is 212 Å². The average Bonchev–Trinajstić information content (AvgIpc) is 0.866. The summed E-state index contributed by atoms with van der Waals surface area (Å²) in [4.78, 5) is 75.8. The Bertz CT molecular complexity index is 5210. The number of nitriles is 2. The molecule has 0 aliphatic carbocycles. The van der Waals surface area contributed by atoms with Crippen LogP contribution in [0.5, 0.6) is 80.5 Å². The molecule has 612 valence electrons. The van der Waals surface area contributed by atoms with Gasteiger partial charge in [-0.2, -0.15) is 10.5 Å². The Hall–Kier alpha value is -10.1. The second kappa shape index (κ2) is 30.4. The Labute approximate surface area is 679 Å². The molecule has 14 aliphatic rings. The molecule has 2 unspecified atom stereocenters. The Morgan fingerprint density at radius 2 is 1.03 bits per heavy atom. The van der Waals surface area contributed by atoms with Gasteiger partial charge < -0.3 is 82.1 Å². The van der Waals surface area contributed by atoms with Crippen LogP contribution in [0.15, 0.2) is 36.4 Å². The van der Waals surface area contributed by atoms with Crippen LogP contribution in [0.2, 0.25) is 0 Å². The van der Waals surface area contributed by atoms with Gasteiger partial charge in [-0.15, -0.1) is 23.5 Å². The molecule has 14 aliphatic heterocycles. The number of ether oxygens (including phenoxy) is 12. The maximum Gasteiger partial charge on any atom is 0.332 e. The largest absolute Gasteiger partial charge is 0.504 e. The van der Waals surface area contributed by atoms with Crippen molar-refractivity contribution < 1.29 is 101 Å². The molecule has 0 amide bonds. The normalized spacial score (nSPS) is 28.0. The number of carbonyl (C=O) groups is 5. The van der Waals surface area contributed by atoms with E-state index in [-0.39, 0.29) is 84.9 Å². The fourth-order valence-electron chi connectivity index (χ4n) is 21.0. The number of fused-ring (bicyclic) bond motifs is 18. The second-order valence-electron chi connectivity index (χ2n) is 31.4. The van der Waals surface area contributed by atoms with Crippen LogP contribution in [0.3, 0.4) is 0 Å². The number of nitrogens with zero attached hydrogens (tertiary/aromatic N) is 7. The van der Waals surface area contributed by atoms with E-state index in [9.17, 15) is 50.1 Å². The summed E-state index contributed by atoms with van der Waals surface area (Å²) in [6, 6.07) is 10.7. The lowest BCUT2D eigenvalue weighted by molar-refractivity contribution is -0.164. The van der Waals surface area contributed by atoms with E-state index >= 15 is 4.79 Å². The van der Waals surface area contributed by atoms with Crippen molar-refractivity contribution in [3.05, 3.63) is 125 Å². The highest BCUT2D eigenvalue weighted by atomic mass is 32.2. The van der Waals surface area contributed by atoms with Crippen molar-refractivity contribution in [1.82, 2.24) is 29.8 Å². The van der Waals surface area contributed by atoms with Crippen molar-refractivity contribution in [3.63, 3.8) is 0 Å². The predicted octanol–water partition coefficient (Wildman–Crippen LogP) is 9.30. The van der Waals surface area contributed by atoms with Crippen LogP contribution in [-0.2, 0) is 70.2 Å². The van der Waals surface area contributed by atoms with Gasteiger partial charge in [0, 0.05) is 114 Å². The van der Waals surface area contributed by atoms with Gasteiger partial charge in [0.05, 0.1) is 75.2 Å². The molecule has 29 nitrogen and oxygen atoms in total. The fourth-order valence-corrected chi connectivity index (χ4v) is 24.4. The molecule has 31 heteroatoms. The van der Waals surface area contributed by atoms with E-state index in [1.54, 1.807) is 31.4 Å². The topological polar surface area (TPSA) is 353 Å². The molecule has 2 spiro atoms. The first-order valence-electron chi connectivity index (χ1n) is 39.0. The molecule has 4 saturated heterocycles. The number of hydrogen-bond acceptors (Lipinski definition) is 31. The number of likely N-dealkylation sites (N-methyl/N-ethyl adjacent to an activating group) is 3. The summed E-state index contributed by atoms with van der Waals surface area (Å²) in [5, 5.41) is 70.5. The third-order valence-corrected chi connectivity index (χ3v) is 28.7. The lowest BCUT2D eigenvalue weighted by Gasteiger charge is -2.62. The fraction of sp³-hybridized carbons (Fsp3) is 0.494. The molecular weight excluding hydrogens is 1530 g/mol. The number of thioether (sulfide) groups is 2. The molecule has 116 heavy (non-hydrogen) atoms. The summed E-state index contributed by atoms with van der Waals surface area (Å²) in [5.41, 5.74) is 9.00. The van der Waals surface area contributed by atoms with E-state index in [0.29, 0.717) is 153 Å². The minimum Gasteiger partial charge on any atom is -0.504 e. The van der Waals surface area contributed by atoms with Crippen molar-refractivity contribution in [2.24, 2.45) is 0 Å². The summed E-state index contributed by atoms with van der Waals surface area (Å²) >= 11 is 3.00. The second-order valence-corrected chi connectivity index (χ2v) is 33.6. The summed E-state index contributed by atoms with van der Waals surface area (Å²) < 4.78 is 72.5. The van der Waals surface area contributed by atoms with E-state index in [1.165, 1.54) is 58.7 Å². The number of methoxy groups -OCH3 is 4. The maximum atomic E-state index is 15.1. The van der Waals surface area contributed by atoms with Gasteiger partial charge in [0.2, 0.25) is 13.6 Å². The molecule has 6 aromatic rings. The van der Waals surface area contributed by atoms with Crippen molar-refractivity contribution in [2.75, 3.05) is 100 Å². The Kier molecular flexibility index (Phi) is 20.9. The summed E-state index contributed by atoms with van der Waals surface area (Å²) in [5.74, 6) is 2.10. The van der Waals surface area contributed by atoms with Gasteiger partial charge in [-0.3, -0.25) is 39.4 Å². The molecule has 14 heterocycles. The first-order chi connectivity index (χ1) is 55.8. The molecular formula is C85H94N8O21S2. The van der Waals surface area contributed by atoms with E-state index in [1.807, 2.05) is 61.7 Å². The quantitative estimate of drug-likeness (QED) is 0.0538. The Balaban J connectivity index is 0.000000167. The van der Waals surface area contributed by atoms with Gasteiger partial charge in [-0.05, 0) is 143 Å². The van der Waals surface area contributed by atoms with Crippen molar-refractivity contribution in [2.45, 2.75) is 169 Å². The molecule has 4 fully saturated rings. The molecule has 14 atom stereocenters. The maximum absolute atomic E-state index is 15.1. The van der Waals surface area contributed by atoms with Crippen LogP contribution in [0.25, 0.3) is 0 Å². The van der Waals surface area contributed by atoms with E-state index in [4.69, 9.17) is 56.8 Å². The number of benzene rings is 6. The first-order valence-corrected chi connectivity index (χ1v) is 41.0. The monoisotopic (exact) mass is 1630 g/mol. The summed E-state index contributed by atoms with van der Waals surface area (Å²) in [7, 11) is 10.0. The molecule has 0 aromatic heterocycles. The van der Waals surface area contributed by atoms with E-state index in [0.717, 1.165) is 39.7 Å². The number of phenols is 4. The van der Waals surface area contributed by atoms with Crippen LogP contribution in [0.1, 0.15) is 158 Å². The minimum absolute atomic E-state index is 0.0118. The number of aldehydes is 1. The Morgan fingerprint density at radius 3 is 1.47 bits per heavy atom. The highest BCUT2D eigenvalue weighted by Crippen LogP contribution is 2.68. The molecule has 8 bridgehead atoms. The zero-order chi connectivity index (χ0) is 82.3. The van der Waals surface area contributed by atoms with Crippen LogP contribution in [0, 0.1) is 50.4 Å². The zero-order valence-corrected chi connectivity index (χ0v) is 68.7. The van der Waals surface area contributed by atoms with Gasteiger partial charge in [-0.25, -0.2) is 9.59 Å². The number of phenolic OH excluding ortho intramolecular Hbond substituents is 4. The van der Waals surface area contributed by atoms with Gasteiger partial charge in [0.1, 0.15) is 43.1 Å². The number of aromatic hydroxyl groups is 4. The van der Waals surface area contributed by atoms with Crippen molar-refractivity contribution in [1.29, 1.82) is 10.5 Å². The lowest BCUT2D eigenvalue weighted by atomic mass is 9.71. The Morgan fingerprint density at radius 1 is 0.586 bits per heavy atom. The van der Waals surface area contributed by atoms with Gasteiger partial charge >= 0.3 is 23.9 Å². The number of rotatable bonds is 8. The zero-order valence-electron chi connectivity index (χ0n) is 67.0. The third kappa shape index (κ3) is 11.8. The molecule has 6 aromatic carbocycles. The number of nitrogens with one attached hydrogen (secondary N) is 1. The number of aryl methyl sites for hydroxylation is 2. The summed E-state index contributed by atoms with van der Waals surface area (Å²) in [6.07, 6.45) is 3.65. The van der Waals surface area contributed by atoms with E-state index in [2.05, 4.69) is 48.0 Å². The molecule has 0 saturated carbocycles. The molecule has 0 radical (unpaired) electrons. The van der Waals surface area contributed by atoms with E-state index < -0.39 is 93.8 Å². The highest BCUT2D eigenvalue weighted by molar-refractivity contribution is 7.99. The number of piperazine rings is 2. The van der Waals surface area contributed by atoms with Gasteiger partial charge in [-0.1, -0.05) is 26.0 Å². The standard InChI is InChI=1S/C42H46N4O10S.C40H42N4O10S.C3H6O/c1-8-45-10-9-22-13-28(48)29(51-6)14-24(22)42(45)17-57-40-32-31(39-38(54-18-55-39)20(3)37(32)56-21(4)47)27(16-53-41(42)50)46-26(15-43)25-12-23-11-19(2)36(52-7)35(49)30(23)33(34(40)46)44(25)5;1-17-9-21-10-23-24(13-41)44-25-14-51-39(48)40(22-12-27(49-5)26(46)11-20(22)7-8-42-40)15-55-38(32(44)31(43(23)4)28(21)33(47)34(17)50-6)30-29(25)37-36(52-16-53-37)18(2)35(30)54-19(3)45;1-2-3-4/h11,13-14,25-27,33-34,40,48-49H,8-10,12,16-18H2,1-7H3;9,11-12,23-25,31-32,38,42,46-47H,7-8,10,14-16H2,1-6H3;3H,2H2,1H3/t25-,26-,27-,33+,34?,40+,42+;23-,24-,25-,31+,32?,38+,40+;/m00./s1. The lowest BCUT2D eigenvalue weighted by Crippen LogP contribution is -2.69. The number of carbonyl (C=O) groups excluding carboxylic acids is 5. The smallest absolute Gasteiger partial charge is 0.332 e. The minimum atomic E-state index is -1.36. The van der Waals surface area contributed by atoms with Gasteiger partial charge in [0.25, 0.3) is 0 Å². The third-order valence-electron chi connectivity index (χ3n) is 25.8. The molecule has 20 rings (SSSR count).